The molecule has 0 bridgehead atoms. The van der Waals surface area contributed by atoms with Gasteiger partial charge in [-0.15, -0.1) is 10.2 Å². The highest BCUT2D eigenvalue weighted by Crippen LogP contribution is 2.25. The van der Waals surface area contributed by atoms with E-state index in [1.165, 1.54) is 4.31 Å². The second-order valence-electron chi connectivity index (χ2n) is 7.37. The van der Waals surface area contributed by atoms with Crippen molar-refractivity contribution in [2.24, 2.45) is 0 Å². The van der Waals surface area contributed by atoms with Gasteiger partial charge in [0.2, 0.25) is 10.0 Å². The van der Waals surface area contributed by atoms with Crippen LogP contribution in [0.5, 0.6) is 5.75 Å². The Morgan fingerprint density at radius 1 is 0.900 bits per heavy atom. The van der Waals surface area contributed by atoms with Crippen molar-refractivity contribution in [3.63, 3.8) is 0 Å². The number of piperazine rings is 1. The van der Waals surface area contributed by atoms with Crippen LogP contribution in [-0.2, 0) is 14.8 Å². The molecular weight excluding hydrogens is 406 g/mol. The summed E-state index contributed by atoms with van der Waals surface area (Å²) in [4.78, 5) is 4.52. The Morgan fingerprint density at radius 3 is 2.03 bits per heavy atom. The molecule has 0 atom stereocenters. The fourth-order valence-electron chi connectivity index (χ4n) is 3.77. The van der Waals surface area contributed by atoms with E-state index in [4.69, 9.17) is 9.47 Å². The molecule has 1 aromatic carbocycles. The van der Waals surface area contributed by atoms with E-state index < -0.39 is 10.0 Å². The van der Waals surface area contributed by atoms with Crippen LogP contribution in [0, 0.1) is 6.92 Å². The highest BCUT2D eigenvalue weighted by Gasteiger charge is 2.29. The zero-order valence-corrected chi connectivity index (χ0v) is 18.1. The van der Waals surface area contributed by atoms with E-state index in [2.05, 4.69) is 20.0 Å². The standard InChI is InChI=1S/C20H27N5O4S/c1-16-15-17(3-4-18(16)28-2)30(26,27)25-9-7-23(8-10-25)19-5-6-20(22-21-19)24-11-13-29-14-12-24/h3-6,15H,7-14H2,1-2H3. The molecule has 0 radical (unpaired) electrons. The lowest BCUT2D eigenvalue weighted by atomic mass is 10.2. The number of anilines is 2. The summed E-state index contributed by atoms with van der Waals surface area (Å²) in [5.74, 6) is 2.29. The average molecular weight is 434 g/mol. The number of benzene rings is 1. The van der Waals surface area contributed by atoms with Gasteiger partial charge in [0.25, 0.3) is 0 Å². The molecule has 0 spiro atoms. The van der Waals surface area contributed by atoms with Crippen LogP contribution in [-0.4, -0.2) is 82.5 Å². The molecule has 9 nitrogen and oxygen atoms in total. The number of rotatable bonds is 5. The highest BCUT2D eigenvalue weighted by molar-refractivity contribution is 7.89. The van der Waals surface area contributed by atoms with Gasteiger partial charge in [-0.3, -0.25) is 0 Å². The molecule has 2 aliphatic rings. The smallest absolute Gasteiger partial charge is 0.243 e. The minimum absolute atomic E-state index is 0.295. The molecule has 0 N–H and O–H groups in total. The van der Waals surface area contributed by atoms with Crippen molar-refractivity contribution >= 4 is 21.7 Å². The molecule has 2 aromatic rings. The van der Waals surface area contributed by atoms with Crippen molar-refractivity contribution in [3.05, 3.63) is 35.9 Å². The molecule has 1 aromatic heterocycles. The maximum absolute atomic E-state index is 13.0. The van der Waals surface area contributed by atoms with Crippen molar-refractivity contribution in [1.29, 1.82) is 0 Å². The van der Waals surface area contributed by atoms with Crippen LogP contribution in [0.25, 0.3) is 0 Å². The first-order valence-electron chi connectivity index (χ1n) is 10.1. The van der Waals surface area contributed by atoms with E-state index in [9.17, 15) is 8.42 Å². The summed E-state index contributed by atoms with van der Waals surface area (Å²) < 4.78 is 38.2. The molecule has 162 valence electrons. The zero-order valence-electron chi connectivity index (χ0n) is 17.3. The molecule has 3 heterocycles. The number of nitrogens with zero attached hydrogens (tertiary/aromatic N) is 5. The maximum atomic E-state index is 13.0. The SMILES string of the molecule is COc1ccc(S(=O)(=O)N2CCN(c3ccc(N4CCOCC4)nn3)CC2)cc1C. The summed E-state index contributed by atoms with van der Waals surface area (Å²) in [6, 6.07) is 8.88. The molecule has 4 rings (SSSR count). The summed E-state index contributed by atoms with van der Waals surface area (Å²) in [5.41, 5.74) is 0.799. The van der Waals surface area contributed by atoms with Crippen LogP contribution >= 0.6 is 0 Å². The van der Waals surface area contributed by atoms with Crippen molar-refractivity contribution in [1.82, 2.24) is 14.5 Å². The molecule has 2 fully saturated rings. The topological polar surface area (TPSA) is 88.1 Å². The Kier molecular flexibility index (Phi) is 6.07. The van der Waals surface area contributed by atoms with Gasteiger partial charge in [-0.25, -0.2) is 8.42 Å². The summed E-state index contributed by atoms with van der Waals surface area (Å²) in [7, 11) is -1.96. The maximum Gasteiger partial charge on any atom is 0.243 e. The molecule has 0 amide bonds. The number of methoxy groups -OCH3 is 1. The van der Waals surface area contributed by atoms with E-state index in [1.54, 1.807) is 25.3 Å². The van der Waals surface area contributed by atoms with E-state index in [1.807, 2.05) is 19.1 Å². The third-order valence-electron chi connectivity index (χ3n) is 5.54. The van der Waals surface area contributed by atoms with Gasteiger partial charge in [-0.05, 0) is 42.8 Å². The Morgan fingerprint density at radius 2 is 1.50 bits per heavy atom. The lowest BCUT2D eigenvalue weighted by Gasteiger charge is -2.34. The number of aryl methyl sites for hydroxylation is 1. The fourth-order valence-corrected chi connectivity index (χ4v) is 5.27. The fraction of sp³-hybridized carbons (Fsp3) is 0.500. The van der Waals surface area contributed by atoms with Crippen molar-refractivity contribution in [3.8, 4) is 5.75 Å². The molecule has 0 aliphatic carbocycles. The van der Waals surface area contributed by atoms with Crippen molar-refractivity contribution in [2.45, 2.75) is 11.8 Å². The number of ether oxygens (including phenoxy) is 2. The Balaban J connectivity index is 1.40. The Bertz CT molecular complexity index is 969. The minimum atomic E-state index is -3.54. The van der Waals surface area contributed by atoms with E-state index in [0.717, 1.165) is 30.3 Å². The summed E-state index contributed by atoms with van der Waals surface area (Å²) in [6.07, 6.45) is 0. The average Bonchev–Trinajstić information content (AvgIpc) is 2.80. The first-order valence-corrected chi connectivity index (χ1v) is 11.5. The third kappa shape index (κ3) is 4.21. The third-order valence-corrected chi connectivity index (χ3v) is 7.43. The Hall–Kier alpha value is -2.43. The normalized spacial score (nSPS) is 18.5. The number of hydrogen-bond donors (Lipinski definition) is 0. The van der Waals surface area contributed by atoms with Crippen LogP contribution in [0.4, 0.5) is 11.6 Å². The number of hydrogen-bond acceptors (Lipinski definition) is 8. The largest absolute Gasteiger partial charge is 0.496 e. The van der Waals surface area contributed by atoms with Crippen molar-refractivity contribution in [2.75, 3.05) is 69.4 Å². The van der Waals surface area contributed by atoms with Gasteiger partial charge >= 0.3 is 0 Å². The van der Waals surface area contributed by atoms with E-state index in [-0.39, 0.29) is 0 Å². The molecule has 0 unspecified atom stereocenters. The van der Waals surface area contributed by atoms with E-state index in [0.29, 0.717) is 50.0 Å². The van der Waals surface area contributed by atoms with Crippen LogP contribution in [0.2, 0.25) is 0 Å². The number of aromatic nitrogens is 2. The van der Waals surface area contributed by atoms with Gasteiger partial charge in [0, 0.05) is 39.3 Å². The summed E-state index contributed by atoms with van der Waals surface area (Å²) >= 11 is 0. The van der Waals surface area contributed by atoms with Crippen LogP contribution in [0.3, 0.4) is 0 Å². The van der Waals surface area contributed by atoms with Gasteiger partial charge in [-0.2, -0.15) is 4.31 Å². The molecule has 10 heteroatoms. The molecule has 2 aliphatic heterocycles. The molecule has 30 heavy (non-hydrogen) atoms. The van der Waals surface area contributed by atoms with Crippen LogP contribution in [0.1, 0.15) is 5.56 Å². The molecule has 2 saturated heterocycles. The van der Waals surface area contributed by atoms with Gasteiger partial charge in [0.05, 0.1) is 25.2 Å². The number of morpholine rings is 1. The monoisotopic (exact) mass is 433 g/mol. The van der Waals surface area contributed by atoms with Gasteiger partial charge < -0.3 is 19.3 Å². The van der Waals surface area contributed by atoms with Crippen molar-refractivity contribution < 1.29 is 17.9 Å². The lowest BCUT2D eigenvalue weighted by molar-refractivity contribution is 0.122. The lowest BCUT2D eigenvalue weighted by Crippen LogP contribution is -2.49. The zero-order chi connectivity index (χ0) is 21.1. The van der Waals surface area contributed by atoms with Crippen LogP contribution < -0.4 is 14.5 Å². The van der Waals surface area contributed by atoms with Gasteiger partial charge in [0.1, 0.15) is 5.75 Å². The quantitative estimate of drug-likeness (QED) is 0.694. The van der Waals surface area contributed by atoms with E-state index >= 15 is 0 Å². The predicted molar refractivity (Wildman–Crippen MR) is 114 cm³/mol. The molecule has 0 saturated carbocycles. The first kappa shape index (κ1) is 20.8. The first-order chi connectivity index (χ1) is 14.5. The number of sulfonamides is 1. The second-order valence-corrected chi connectivity index (χ2v) is 9.31. The second kappa shape index (κ2) is 8.75. The Labute approximate surface area is 177 Å². The molecular formula is C20H27N5O4S. The van der Waals surface area contributed by atoms with Gasteiger partial charge in [0.15, 0.2) is 11.6 Å². The minimum Gasteiger partial charge on any atom is -0.496 e. The summed E-state index contributed by atoms with van der Waals surface area (Å²) in [6.45, 7) is 6.82. The van der Waals surface area contributed by atoms with Crippen LogP contribution in [0.15, 0.2) is 35.2 Å². The predicted octanol–water partition coefficient (Wildman–Crippen LogP) is 1.14. The summed E-state index contributed by atoms with van der Waals surface area (Å²) in [5, 5.41) is 8.72. The highest BCUT2D eigenvalue weighted by atomic mass is 32.2. The van der Waals surface area contributed by atoms with Gasteiger partial charge in [-0.1, -0.05) is 0 Å².